The first-order valence-electron chi connectivity index (χ1n) is 6.02. The molecule has 9 atom stereocenters. The summed E-state index contributed by atoms with van der Waals surface area (Å²) in [7, 11) is 0. The van der Waals surface area contributed by atoms with Crippen molar-refractivity contribution in [1.82, 2.24) is 0 Å². The fourth-order valence-corrected chi connectivity index (χ4v) is 6.95. The van der Waals surface area contributed by atoms with Crippen LogP contribution in [0.15, 0.2) is 0 Å². The van der Waals surface area contributed by atoms with Crippen LogP contribution in [0.2, 0.25) is 0 Å². The largest absolute Gasteiger partial charge is 0.481 e. The highest BCUT2D eigenvalue weighted by Gasteiger charge is 2.81. The predicted octanol–water partition coefficient (Wildman–Crippen LogP) is 1.47. The predicted molar refractivity (Wildman–Crippen MR) is 48.3 cm³/mol. The van der Waals surface area contributed by atoms with Crippen molar-refractivity contribution in [2.75, 3.05) is 0 Å². The molecule has 0 amide bonds. The second kappa shape index (κ2) is 1.66. The highest BCUT2D eigenvalue weighted by Crippen LogP contribution is 2.84. The molecule has 0 spiro atoms. The lowest BCUT2D eigenvalue weighted by atomic mass is 9.71. The third-order valence-corrected chi connectivity index (χ3v) is 6.61. The van der Waals surface area contributed by atoms with Gasteiger partial charge in [-0.2, -0.15) is 0 Å². The van der Waals surface area contributed by atoms with E-state index >= 15 is 0 Å². The highest BCUT2D eigenvalue weighted by molar-refractivity contribution is 5.73. The summed E-state index contributed by atoms with van der Waals surface area (Å²) in [5.74, 6) is 6.22. The van der Waals surface area contributed by atoms with Gasteiger partial charge in [0, 0.05) is 0 Å². The standard InChI is InChI=1S/C12H14O2/c13-12(14)11-9-5-1-3-4-2-6(7(3)9)10(11)8(4)5/h3-11H,1-2H2,(H,13,14)/t3-,4+,5-,6-,7+,8-,9+,10-,11?/m0/s1. The summed E-state index contributed by atoms with van der Waals surface area (Å²) >= 11 is 0. The van der Waals surface area contributed by atoms with E-state index in [0.29, 0.717) is 11.8 Å². The first kappa shape index (κ1) is 6.86. The monoisotopic (exact) mass is 190 g/mol. The van der Waals surface area contributed by atoms with E-state index in [1.165, 1.54) is 12.8 Å². The van der Waals surface area contributed by atoms with Crippen molar-refractivity contribution in [3.8, 4) is 0 Å². The highest BCUT2D eigenvalue weighted by atomic mass is 16.4. The molecule has 6 aliphatic rings. The molecule has 74 valence electrons. The van der Waals surface area contributed by atoms with Gasteiger partial charge in [0.25, 0.3) is 0 Å². The molecule has 0 aromatic heterocycles. The molecular formula is C12H14O2. The summed E-state index contributed by atoms with van der Waals surface area (Å²) in [6, 6.07) is 0. The average Bonchev–Trinajstić information content (AvgIpc) is 2.76. The summed E-state index contributed by atoms with van der Waals surface area (Å²) < 4.78 is 0. The van der Waals surface area contributed by atoms with Crippen LogP contribution < -0.4 is 0 Å². The summed E-state index contributed by atoms with van der Waals surface area (Å²) in [6.07, 6.45) is 2.81. The smallest absolute Gasteiger partial charge is 0.307 e. The Labute approximate surface area is 82.7 Å². The molecule has 0 aliphatic heterocycles. The third kappa shape index (κ3) is 0.409. The first-order valence-corrected chi connectivity index (χ1v) is 6.02. The molecular weight excluding hydrogens is 176 g/mol. The van der Waals surface area contributed by atoms with Crippen molar-refractivity contribution in [1.29, 1.82) is 0 Å². The maximum absolute atomic E-state index is 11.3. The lowest BCUT2D eigenvalue weighted by Crippen LogP contribution is -2.30. The Hall–Kier alpha value is -0.530. The number of rotatable bonds is 1. The third-order valence-electron chi connectivity index (χ3n) is 6.61. The maximum atomic E-state index is 11.3. The molecule has 14 heavy (non-hydrogen) atoms. The zero-order valence-electron chi connectivity index (χ0n) is 7.97. The van der Waals surface area contributed by atoms with Crippen molar-refractivity contribution in [2.24, 2.45) is 53.3 Å². The second-order valence-corrected chi connectivity index (χ2v) is 6.30. The topological polar surface area (TPSA) is 37.3 Å². The minimum absolute atomic E-state index is 0.0810. The van der Waals surface area contributed by atoms with E-state index in [1.807, 2.05) is 0 Å². The van der Waals surface area contributed by atoms with Crippen LogP contribution >= 0.6 is 0 Å². The molecule has 0 heterocycles. The van der Waals surface area contributed by atoms with E-state index in [4.69, 9.17) is 0 Å². The molecule has 6 aliphatic carbocycles. The second-order valence-electron chi connectivity index (χ2n) is 6.30. The van der Waals surface area contributed by atoms with Gasteiger partial charge < -0.3 is 5.11 Å². The molecule has 1 unspecified atom stereocenters. The molecule has 0 aromatic carbocycles. The van der Waals surface area contributed by atoms with Gasteiger partial charge in [0.2, 0.25) is 0 Å². The van der Waals surface area contributed by atoms with Gasteiger partial charge in [0.1, 0.15) is 0 Å². The lowest BCUT2D eigenvalue weighted by Gasteiger charge is -2.33. The summed E-state index contributed by atoms with van der Waals surface area (Å²) in [4.78, 5) is 11.3. The normalized spacial score (nSPS) is 74.4. The summed E-state index contributed by atoms with van der Waals surface area (Å²) in [5, 5.41) is 9.33. The summed E-state index contributed by atoms with van der Waals surface area (Å²) in [5.41, 5.74) is 0. The Morgan fingerprint density at radius 2 is 1.36 bits per heavy atom. The van der Waals surface area contributed by atoms with Gasteiger partial charge in [0.05, 0.1) is 5.92 Å². The number of carboxylic acids is 1. The number of hydrogen-bond donors (Lipinski definition) is 1. The van der Waals surface area contributed by atoms with Gasteiger partial charge in [-0.3, -0.25) is 4.79 Å². The van der Waals surface area contributed by atoms with Gasteiger partial charge in [0.15, 0.2) is 0 Å². The van der Waals surface area contributed by atoms with Crippen molar-refractivity contribution >= 4 is 5.97 Å². The van der Waals surface area contributed by atoms with Crippen LogP contribution in [0.3, 0.4) is 0 Å². The minimum atomic E-state index is -0.469. The number of hydrogen-bond acceptors (Lipinski definition) is 1. The molecule has 2 nitrogen and oxygen atoms in total. The van der Waals surface area contributed by atoms with Crippen LogP contribution in [0.25, 0.3) is 0 Å². The molecule has 0 aromatic rings. The van der Waals surface area contributed by atoms with E-state index in [2.05, 4.69) is 0 Å². The fraction of sp³-hybridized carbons (Fsp3) is 0.917. The SMILES string of the molecule is O=C(O)C1[C@@H]2[C@H]3C[C@H]4[C@H]5C[C@H]([C@H]1[C@@H]53)[C@@H]42. The fourth-order valence-electron chi connectivity index (χ4n) is 6.95. The lowest BCUT2D eigenvalue weighted by molar-refractivity contribution is -0.143. The van der Waals surface area contributed by atoms with E-state index in [1.54, 1.807) is 0 Å². The van der Waals surface area contributed by atoms with Gasteiger partial charge in [-0.25, -0.2) is 0 Å². The zero-order chi connectivity index (χ0) is 9.19. The Morgan fingerprint density at radius 3 is 1.79 bits per heavy atom. The maximum Gasteiger partial charge on any atom is 0.307 e. The van der Waals surface area contributed by atoms with Gasteiger partial charge in [-0.1, -0.05) is 0 Å². The molecule has 0 saturated heterocycles. The molecule has 6 rings (SSSR count). The van der Waals surface area contributed by atoms with Gasteiger partial charge >= 0.3 is 5.97 Å². The minimum Gasteiger partial charge on any atom is -0.481 e. The van der Waals surface area contributed by atoms with E-state index in [-0.39, 0.29) is 5.92 Å². The Balaban J connectivity index is 1.77. The van der Waals surface area contributed by atoms with Crippen LogP contribution in [0, 0.1) is 53.3 Å². The van der Waals surface area contributed by atoms with E-state index < -0.39 is 5.97 Å². The van der Waals surface area contributed by atoms with E-state index in [0.717, 1.165) is 35.5 Å². The van der Waals surface area contributed by atoms with Crippen LogP contribution in [0.4, 0.5) is 0 Å². The average molecular weight is 190 g/mol. The molecule has 0 radical (unpaired) electrons. The van der Waals surface area contributed by atoms with Crippen molar-refractivity contribution in [3.63, 3.8) is 0 Å². The number of carboxylic acid groups (broad SMARTS) is 1. The Morgan fingerprint density at radius 1 is 0.857 bits per heavy atom. The van der Waals surface area contributed by atoms with Crippen molar-refractivity contribution in [3.05, 3.63) is 0 Å². The van der Waals surface area contributed by atoms with Crippen LogP contribution in [-0.4, -0.2) is 11.1 Å². The van der Waals surface area contributed by atoms with Crippen molar-refractivity contribution in [2.45, 2.75) is 12.8 Å². The molecule has 2 heteroatoms. The van der Waals surface area contributed by atoms with Crippen LogP contribution in [0.5, 0.6) is 0 Å². The Kier molecular flexibility index (Phi) is 0.812. The molecule has 1 N–H and O–H groups in total. The molecule has 6 saturated carbocycles. The van der Waals surface area contributed by atoms with Crippen molar-refractivity contribution < 1.29 is 9.90 Å². The van der Waals surface area contributed by atoms with Crippen LogP contribution in [0.1, 0.15) is 12.8 Å². The number of carbonyl (C=O) groups is 1. The van der Waals surface area contributed by atoms with E-state index in [9.17, 15) is 9.90 Å². The van der Waals surface area contributed by atoms with Gasteiger partial charge in [-0.15, -0.1) is 0 Å². The first-order chi connectivity index (χ1) is 6.79. The summed E-state index contributed by atoms with van der Waals surface area (Å²) in [6.45, 7) is 0. The van der Waals surface area contributed by atoms with Gasteiger partial charge in [-0.05, 0) is 60.2 Å². The number of aliphatic carboxylic acids is 1. The molecule has 6 fully saturated rings. The van der Waals surface area contributed by atoms with Crippen LogP contribution in [-0.2, 0) is 4.79 Å². The molecule has 6 bridgehead atoms. The quantitative estimate of drug-likeness (QED) is 0.679. The Bertz CT molecular complexity index is 335. The zero-order valence-corrected chi connectivity index (χ0v) is 7.97.